The van der Waals surface area contributed by atoms with Gasteiger partial charge in [-0.25, -0.2) is 21.1 Å². The van der Waals surface area contributed by atoms with Gasteiger partial charge in [0.2, 0.25) is 20.0 Å². The summed E-state index contributed by atoms with van der Waals surface area (Å²) in [5.74, 6) is 0. The summed E-state index contributed by atoms with van der Waals surface area (Å²) in [5, 5.41) is 0. The van der Waals surface area contributed by atoms with Crippen LogP contribution in [0.5, 0.6) is 0 Å². The van der Waals surface area contributed by atoms with E-state index in [1.165, 1.54) is 38.4 Å². The molecule has 1 heterocycles. The first-order valence-corrected chi connectivity index (χ1v) is 10.5. The lowest BCUT2D eigenvalue weighted by atomic mass is 10.0. The van der Waals surface area contributed by atoms with Gasteiger partial charge in [-0.05, 0) is 51.0 Å². The van der Waals surface area contributed by atoms with E-state index in [4.69, 9.17) is 0 Å². The maximum Gasteiger partial charge on any atom is 0.243 e. The van der Waals surface area contributed by atoms with Gasteiger partial charge in [0.15, 0.2) is 0 Å². The maximum atomic E-state index is 12.9. The van der Waals surface area contributed by atoms with E-state index in [2.05, 4.69) is 0 Å². The van der Waals surface area contributed by atoms with Gasteiger partial charge in [-0.2, -0.15) is 4.31 Å². The number of hydrogen-bond donors (Lipinski definition) is 0. The summed E-state index contributed by atoms with van der Waals surface area (Å²) < 4.78 is 52.5. The molecule has 0 saturated carbocycles. The van der Waals surface area contributed by atoms with Gasteiger partial charge >= 0.3 is 0 Å². The predicted molar refractivity (Wildman–Crippen MR) is 89.1 cm³/mol. The molecule has 0 aliphatic carbocycles. The van der Waals surface area contributed by atoms with Gasteiger partial charge in [-0.3, -0.25) is 0 Å². The largest absolute Gasteiger partial charge is 0.243 e. The Morgan fingerprint density at radius 1 is 0.913 bits per heavy atom. The molecule has 1 fully saturated rings. The molecule has 0 spiro atoms. The Kier molecular flexibility index (Phi) is 5.20. The molecule has 8 heteroatoms. The molecule has 1 aromatic carbocycles. The molecule has 1 saturated heterocycles. The van der Waals surface area contributed by atoms with Crippen molar-refractivity contribution >= 4 is 20.0 Å². The molecule has 2 atom stereocenters. The lowest BCUT2D eigenvalue weighted by Crippen LogP contribution is -2.47. The molecular formula is C15H24N2O4S2. The van der Waals surface area contributed by atoms with Gasteiger partial charge in [0, 0.05) is 26.2 Å². The van der Waals surface area contributed by atoms with Gasteiger partial charge in [0.25, 0.3) is 0 Å². The maximum absolute atomic E-state index is 12.9. The van der Waals surface area contributed by atoms with Gasteiger partial charge in [-0.1, -0.05) is 6.42 Å². The SMILES string of the molecule is CC1CCCC(C)N1S(=O)(=O)c1ccc(S(=O)(=O)N(C)C)cc1. The van der Waals surface area contributed by atoms with Crippen LogP contribution in [0.2, 0.25) is 0 Å². The van der Waals surface area contributed by atoms with E-state index in [9.17, 15) is 16.8 Å². The van der Waals surface area contributed by atoms with Gasteiger partial charge in [0.05, 0.1) is 9.79 Å². The van der Waals surface area contributed by atoms with E-state index < -0.39 is 20.0 Å². The van der Waals surface area contributed by atoms with Crippen LogP contribution >= 0.6 is 0 Å². The highest BCUT2D eigenvalue weighted by Gasteiger charge is 2.35. The third kappa shape index (κ3) is 3.45. The van der Waals surface area contributed by atoms with Gasteiger partial charge in [0.1, 0.15) is 0 Å². The van der Waals surface area contributed by atoms with Crippen LogP contribution in [0, 0.1) is 0 Å². The molecule has 6 nitrogen and oxygen atoms in total. The summed E-state index contributed by atoms with van der Waals surface area (Å²) >= 11 is 0. The zero-order chi connectivity index (χ0) is 17.4. The first-order valence-electron chi connectivity index (χ1n) is 7.64. The van der Waals surface area contributed by atoms with Crippen LogP contribution in [-0.4, -0.2) is 51.6 Å². The van der Waals surface area contributed by atoms with Crippen molar-refractivity contribution in [2.24, 2.45) is 0 Å². The molecule has 0 N–H and O–H groups in total. The van der Waals surface area contributed by atoms with Crippen molar-refractivity contribution in [3.8, 4) is 0 Å². The number of benzene rings is 1. The van der Waals surface area contributed by atoms with E-state index >= 15 is 0 Å². The molecule has 1 aliphatic heterocycles. The molecule has 1 aromatic rings. The Hall–Kier alpha value is -0.960. The second-order valence-electron chi connectivity index (χ2n) is 6.22. The smallest absolute Gasteiger partial charge is 0.207 e. The Balaban J connectivity index is 2.38. The molecule has 130 valence electrons. The van der Waals surface area contributed by atoms with Crippen LogP contribution in [0.3, 0.4) is 0 Å². The highest BCUT2D eigenvalue weighted by Crippen LogP contribution is 2.30. The number of rotatable bonds is 4. The zero-order valence-corrected chi connectivity index (χ0v) is 15.6. The number of nitrogens with zero attached hydrogens (tertiary/aromatic N) is 2. The van der Waals surface area contributed by atoms with E-state index in [1.807, 2.05) is 13.8 Å². The molecule has 0 amide bonds. The van der Waals surface area contributed by atoms with Crippen molar-refractivity contribution in [3.05, 3.63) is 24.3 Å². The van der Waals surface area contributed by atoms with Crippen molar-refractivity contribution < 1.29 is 16.8 Å². The summed E-state index contributed by atoms with van der Waals surface area (Å²) in [6, 6.07) is 5.35. The summed E-state index contributed by atoms with van der Waals surface area (Å²) in [4.78, 5) is 0.219. The topological polar surface area (TPSA) is 74.8 Å². The third-order valence-corrected chi connectivity index (χ3v) is 8.26. The minimum atomic E-state index is -3.62. The van der Waals surface area contributed by atoms with Crippen LogP contribution in [-0.2, 0) is 20.0 Å². The van der Waals surface area contributed by atoms with E-state index in [1.54, 1.807) is 4.31 Å². The quantitative estimate of drug-likeness (QED) is 0.822. The molecule has 2 unspecified atom stereocenters. The Morgan fingerprint density at radius 3 is 1.78 bits per heavy atom. The minimum absolute atomic E-state index is 0.0473. The second kappa shape index (κ2) is 6.51. The van der Waals surface area contributed by atoms with Crippen molar-refractivity contribution in [2.75, 3.05) is 14.1 Å². The molecule has 0 aromatic heterocycles. The number of sulfonamides is 2. The monoisotopic (exact) mass is 360 g/mol. The van der Waals surface area contributed by atoms with Crippen LogP contribution in [0.25, 0.3) is 0 Å². The summed E-state index contributed by atoms with van der Waals surface area (Å²) in [5.41, 5.74) is 0. The average Bonchev–Trinajstić information content (AvgIpc) is 2.46. The van der Waals surface area contributed by atoms with Crippen molar-refractivity contribution in [1.82, 2.24) is 8.61 Å². The highest BCUT2D eigenvalue weighted by atomic mass is 32.2. The third-order valence-electron chi connectivity index (χ3n) is 4.29. The van der Waals surface area contributed by atoms with Gasteiger partial charge in [-0.15, -0.1) is 0 Å². The lowest BCUT2D eigenvalue weighted by Gasteiger charge is -2.37. The van der Waals surface area contributed by atoms with Crippen molar-refractivity contribution in [2.45, 2.75) is 55.0 Å². The molecular weight excluding hydrogens is 336 g/mol. The molecule has 1 aliphatic rings. The number of hydrogen-bond acceptors (Lipinski definition) is 4. The highest BCUT2D eigenvalue weighted by molar-refractivity contribution is 7.89. The fourth-order valence-corrected chi connectivity index (χ4v) is 5.77. The molecule has 2 rings (SSSR count). The number of piperidine rings is 1. The molecule has 23 heavy (non-hydrogen) atoms. The molecule has 0 bridgehead atoms. The van der Waals surface area contributed by atoms with E-state index in [-0.39, 0.29) is 21.9 Å². The summed E-state index contributed by atoms with van der Waals surface area (Å²) in [6.07, 6.45) is 2.71. The summed E-state index contributed by atoms with van der Waals surface area (Å²) in [7, 11) is -4.30. The second-order valence-corrected chi connectivity index (χ2v) is 10.2. The fourth-order valence-electron chi connectivity index (χ4n) is 2.99. The Bertz CT molecular complexity index is 745. The predicted octanol–water partition coefficient (Wildman–Crippen LogP) is 1.89. The standard InChI is InChI=1S/C15H24N2O4S2/c1-12-6-5-7-13(2)17(12)23(20,21)15-10-8-14(9-11-15)22(18,19)16(3)4/h8-13H,5-7H2,1-4H3. The normalized spacial score (nSPS) is 24.0. The lowest BCUT2D eigenvalue weighted by molar-refractivity contribution is 0.204. The minimum Gasteiger partial charge on any atom is -0.207 e. The van der Waals surface area contributed by atoms with E-state index in [0.717, 1.165) is 23.6 Å². The molecule has 0 radical (unpaired) electrons. The zero-order valence-electron chi connectivity index (χ0n) is 13.9. The van der Waals surface area contributed by atoms with Crippen molar-refractivity contribution in [3.63, 3.8) is 0 Å². The van der Waals surface area contributed by atoms with Gasteiger partial charge < -0.3 is 0 Å². The van der Waals surface area contributed by atoms with Crippen LogP contribution in [0.15, 0.2) is 34.1 Å². The van der Waals surface area contributed by atoms with Crippen molar-refractivity contribution in [1.29, 1.82) is 0 Å². The average molecular weight is 361 g/mol. The Labute approximate surface area is 139 Å². The first kappa shape index (κ1) is 18.4. The van der Waals surface area contributed by atoms with Crippen LogP contribution < -0.4 is 0 Å². The summed E-state index contributed by atoms with van der Waals surface area (Å²) in [6.45, 7) is 3.83. The van der Waals surface area contributed by atoms with Crippen LogP contribution in [0.4, 0.5) is 0 Å². The fraction of sp³-hybridized carbons (Fsp3) is 0.600. The van der Waals surface area contributed by atoms with Crippen LogP contribution in [0.1, 0.15) is 33.1 Å². The van der Waals surface area contributed by atoms with E-state index in [0.29, 0.717) is 0 Å². The Morgan fingerprint density at radius 2 is 1.35 bits per heavy atom. The first-order chi connectivity index (χ1) is 10.6.